The SMILES string of the molecule is COc1cc(C(=O)NCC(O)(c2cc3c(c(-c4ccc(F)c(Cl)c4)n2)OC[C@@]3(N)C(F)(F)F)C2CC2)cc2cn(C3CC3)nc12. The van der Waals surface area contributed by atoms with Gasteiger partial charge in [-0.2, -0.15) is 18.3 Å². The Hall–Kier alpha value is -3.94. The number of fused-ring (bicyclic) bond motifs is 2. The van der Waals surface area contributed by atoms with Crippen LogP contribution < -0.4 is 20.5 Å². The van der Waals surface area contributed by atoms with Crippen molar-refractivity contribution in [2.45, 2.75) is 49.0 Å². The van der Waals surface area contributed by atoms with Gasteiger partial charge in [-0.3, -0.25) is 9.48 Å². The van der Waals surface area contributed by atoms with Crippen LogP contribution in [0.25, 0.3) is 22.2 Å². The first-order valence-corrected chi connectivity index (χ1v) is 14.8. The highest BCUT2D eigenvalue weighted by molar-refractivity contribution is 6.31. The highest BCUT2D eigenvalue weighted by Gasteiger charge is 2.59. The number of alkyl halides is 3. The number of nitrogens with zero attached hydrogens (tertiary/aromatic N) is 3. The second-order valence-corrected chi connectivity index (χ2v) is 12.4. The van der Waals surface area contributed by atoms with Crippen LogP contribution >= 0.6 is 11.6 Å². The van der Waals surface area contributed by atoms with E-state index < -0.39 is 47.1 Å². The van der Waals surface area contributed by atoms with Crippen LogP contribution in [0.5, 0.6) is 11.5 Å². The number of carbonyl (C=O) groups is 1. The number of halogens is 5. The molecule has 2 aromatic carbocycles. The average Bonchev–Trinajstić information content (AvgIpc) is 3.95. The highest BCUT2D eigenvalue weighted by atomic mass is 35.5. The quantitative estimate of drug-likeness (QED) is 0.220. The van der Waals surface area contributed by atoms with Crippen LogP contribution in [-0.2, 0) is 11.1 Å². The summed E-state index contributed by atoms with van der Waals surface area (Å²) in [6.45, 7) is -1.28. The smallest absolute Gasteiger partial charge is 0.414 e. The van der Waals surface area contributed by atoms with Crippen LogP contribution in [0.2, 0.25) is 5.02 Å². The number of methoxy groups -OCH3 is 1. The fraction of sp³-hybridized carbons (Fsp3) is 0.387. The van der Waals surface area contributed by atoms with E-state index in [9.17, 15) is 27.5 Å². The van der Waals surface area contributed by atoms with Gasteiger partial charge in [-0.25, -0.2) is 9.37 Å². The second kappa shape index (κ2) is 10.3. The van der Waals surface area contributed by atoms with E-state index in [4.69, 9.17) is 26.8 Å². The summed E-state index contributed by atoms with van der Waals surface area (Å²) in [6.07, 6.45) is 0.0870. The predicted molar refractivity (Wildman–Crippen MR) is 156 cm³/mol. The molecule has 0 saturated heterocycles. The number of benzene rings is 2. The molecule has 14 heteroatoms. The fourth-order valence-corrected chi connectivity index (χ4v) is 6.01. The Bertz CT molecular complexity index is 1860. The minimum Gasteiger partial charge on any atom is -0.494 e. The van der Waals surface area contributed by atoms with Crippen LogP contribution in [0.1, 0.15) is 53.3 Å². The van der Waals surface area contributed by atoms with Gasteiger partial charge in [0.15, 0.2) is 11.3 Å². The summed E-state index contributed by atoms with van der Waals surface area (Å²) >= 11 is 5.99. The van der Waals surface area contributed by atoms with E-state index in [1.807, 2.05) is 10.9 Å². The van der Waals surface area contributed by atoms with E-state index in [2.05, 4.69) is 15.4 Å². The number of ether oxygens (including phenoxy) is 2. The normalized spacial score (nSPS) is 20.9. The van der Waals surface area contributed by atoms with Crippen molar-refractivity contribution in [1.29, 1.82) is 0 Å². The molecule has 0 radical (unpaired) electrons. The van der Waals surface area contributed by atoms with Crippen molar-refractivity contribution in [1.82, 2.24) is 20.1 Å². The van der Waals surface area contributed by atoms with Gasteiger partial charge in [0.2, 0.25) is 0 Å². The van der Waals surface area contributed by atoms with E-state index in [1.165, 1.54) is 19.2 Å². The molecule has 3 aliphatic rings. The third kappa shape index (κ3) is 4.97. The molecule has 9 nitrogen and oxygen atoms in total. The van der Waals surface area contributed by atoms with Crippen molar-refractivity contribution in [3.05, 3.63) is 70.3 Å². The molecule has 4 N–H and O–H groups in total. The lowest BCUT2D eigenvalue weighted by Gasteiger charge is -2.31. The Morgan fingerprint density at radius 2 is 1.98 bits per heavy atom. The minimum atomic E-state index is -4.91. The van der Waals surface area contributed by atoms with Gasteiger partial charge in [0.05, 0.1) is 30.4 Å². The Kier molecular flexibility index (Phi) is 6.81. The van der Waals surface area contributed by atoms with E-state index in [0.717, 1.165) is 25.0 Å². The molecule has 2 saturated carbocycles. The third-order valence-electron chi connectivity index (χ3n) is 8.81. The summed E-state index contributed by atoms with van der Waals surface area (Å²) in [5.74, 6) is -1.52. The van der Waals surface area contributed by atoms with Crippen LogP contribution in [-0.4, -0.2) is 52.2 Å². The molecule has 0 bridgehead atoms. The standard InChI is InChI=1S/C31H28ClF4N5O4/c1-44-23-10-16(8-17-12-41(19-5-6-19)40-25(17)23)28(42)38-13-29(43,18-3-4-18)24-11-20-27(45-14-30(20,37)31(34,35)36)26(39-24)15-2-7-22(33)21(32)9-15/h2,7-12,18-19,43H,3-6,13-14,37H2,1H3,(H,38,42)/t29?,30-/m0/s1. The fourth-order valence-electron chi connectivity index (χ4n) is 5.83. The van der Waals surface area contributed by atoms with Gasteiger partial charge < -0.3 is 25.6 Å². The zero-order chi connectivity index (χ0) is 31.9. The lowest BCUT2D eigenvalue weighted by molar-refractivity contribution is -0.191. The summed E-state index contributed by atoms with van der Waals surface area (Å²) in [7, 11) is 1.48. The van der Waals surface area contributed by atoms with Crippen LogP contribution in [0.3, 0.4) is 0 Å². The molecular formula is C31H28ClF4N5O4. The average molecular weight is 646 g/mol. The van der Waals surface area contributed by atoms with Crippen LogP contribution in [0.4, 0.5) is 17.6 Å². The molecule has 2 fully saturated rings. The maximum Gasteiger partial charge on any atom is 0.414 e. The zero-order valence-corrected chi connectivity index (χ0v) is 24.7. The molecule has 4 aromatic rings. The number of aromatic nitrogens is 3. The second-order valence-electron chi connectivity index (χ2n) is 12.0. The summed E-state index contributed by atoms with van der Waals surface area (Å²) in [5.41, 5.74) is 1.52. The molecule has 45 heavy (non-hydrogen) atoms. The Balaban J connectivity index is 1.27. The van der Waals surface area contributed by atoms with Gasteiger partial charge >= 0.3 is 6.18 Å². The van der Waals surface area contributed by atoms with Gasteiger partial charge in [-0.05, 0) is 68.0 Å². The van der Waals surface area contributed by atoms with Crippen molar-refractivity contribution in [3.8, 4) is 22.8 Å². The number of pyridine rings is 1. The monoisotopic (exact) mass is 645 g/mol. The first-order chi connectivity index (χ1) is 21.3. The molecule has 1 unspecified atom stereocenters. The third-order valence-corrected chi connectivity index (χ3v) is 9.10. The van der Waals surface area contributed by atoms with E-state index in [0.29, 0.717) is 35.5 Å². The van der Waals surface area contributed by atoms with Crippen molar-refractivity contribution in [2.75, 3.05) is 20.3 Å². The summed E-state index contributed by atoms with van der Waals surface area (Å²) in [5, 5.41) is 19.8. The first kappa shape index (κ1) is 29.8. The molecular weight excluding hydrogens is 618 g/mol. The van der Waals surface area contributed by atoms with Crippen molar-refractivity contribution in [2.24, 2.45) is 11.7 Å². The largest absolute Gasteiger partial charge is 0.494 e. The predicted octanol–water partition coefficient (Wildman–Crippen LogP) is 5.37. The Morgan fingerprint density at radius 1 is 1.22 bits per heavy atom. The number of nitrogens with two attached hydrogens (primary N) is 1. The molecule has 7 rings (SSSR count). The van der Waals surface area contributed by atoms with Gasteiger partial charge in [-0.15, -0.1) is 0 Å². The van der Waals surface area contributed by atoms with E-state index in [-0.39, 0.29) is 39.8 Å². The molecule has 2 atom stereocenters. The Labute approximate surface area is 259 Å². The number of rotatable bonds is 8. The van der Waals surface area contributed by atoms with E-state index in [1.54, 1.807) is 12.1 Å². The zero-order valence-electron chi connectivity index (χ0n) is 23.9. The number of hydrogen-bond acceptors (Lipinski definition) is 7. The van der Waals surface area contributed by atoms with Gasteiger partial charge in [0.1, 0.15) is 35.0 Å². The number of amides is 1. The molecule has 0 spiro atoms. The molecule has 3 heterocycles. The number of carbonyl (C=O) groups excluding carboxylic acids is 1. The lowest BCUT2D eigenvalue weighted by atomic mass is 9.86. The Morgan fingerprint density at radius 3 is 2.62 bits per heavy atom. The maximum atomic E-state index is 14.3. The molecule has 236 valence electrons. The molecule has 1 aliphatic heterocycles. The molecule has 1 amide bonds. The van der Waals surface area contributed by atoms with Crippen LogP contribution in [0.15, 0.2) is 42.6 Å². The summed E-state index contributed by atoms with van der Waals surface area (Å²) in [6, 6.07) is 8.19. The van der Waals surface area contributed by atoms with Crippen LogP contribution in [0, 0.1) is 11.7 Å². The minimum absolute atomic E-state index is 0.0887. The van der Waals surface area contributed by atoms with Gasteiger partial charge in [0, 0.05) is 28.3 Å². The number of nitrogens with one attached hydrogen (secondary N) is 1. The summed E-state index contributed by atoms with van der Waals surface area (Å²) in [4.78, 5) is 18.0. The van der Waals surface area contributed by atoms with Gasteiger partial charge in [-0.1, -0.05) is 11.6 Å². The first-order valence-electron chi connectivity index (χ1n) is 14.4. The van der Waals surface area contributed by atoms with Crippen molar-refractivity contribution < 1.29 is 36.9 Å². The maximum absolute atomic E-state index is 14.3. The van der Waals surface area contributed by atoms with Crippen molar-refractivity contribution >= 4 is 28.4 Å². The number of hydrogen-bond donors (Lipinski definition) is 3. The molecule has 2 aliphatic carbocycles. The lowest BCUT2D eigenvalue weighted by Crippen LogP contribution is -2.52. The van der Waals surface area contributed by atoms with Gasteiger partial charge in [0.25, 0.3) is 5.91 Å². The topological polar surface area (TPSA) is 125 Å². The highest BCUT2D eigenvalue weighted by Crippen LogP contribution is 2.52. The number of aliphatic hydroxyl groups is 1. The van der Waals surface area contributed by atoms with Crippen molar-refractivity contribution in [3.63, 3.8) is 0 Å². The van der Waals surface area contributed by atoms with E-state index >= 15 is 0 Å². The molecule has 2 aromatic heterocycles. The summed E-state index contributed by atoms with van der Waals surface area (Å²) < 4.78 is 69.7.